The lowest BCUT2D eigenvalue weighted by Gasteiger charge is -2.13. The molecule has 2 N–H and O–H groups in total. The van der Waals surface area contributed by atoms with Gasteiger partial charge in [-0.2, -0.15) is 0 Å². The first-order valence-corrected chi connectivity index (χ1v) is 7.46. The van der Waals surface area contributed by atoms with Crippen molar-refractivity contribution in [1.29, 1.82) is 0 Å². The Morgan fingerprint density at radius 3 is 2.09 bits per heavy atom. The number of ether oxygens (including phenoxy) is 2. The highest BCUT2D eigenvalue weighted by atomic mass is 32.1. The molecule has 0 unspecified atom stereocenters. The van der Waals surface area contributed by atoms with Gasteiger partial charge >= 0.3 is 0 Å². The summed E-state index contributed by atoms with van der Waals surface area (Å²) >= 11 is 5.33. The minimum absolute atomic E-state index is 0.525. The van der Waals surface area contributed by atoms with Crippen LogP contribution in [0.25, 0.3) is 0 Å². The Bertz CT molecular complexity index is 642. The van der Waals surface area contributed by atoms with E-state index in [0.717, 1.165) is 17.8 Å². The van der Waals surface area contributed by atoms with Gasteiger partial charge in [0.2, 0.25) is 0 Å². The van der Waals surface area contributed by atoms with Crippen LogP contribution in [0.15, 0.2) is 42.5 Å². The van der Waals surface area contributed by atoms with Crippen LogP contribution in [-0.4, -0.2) is 19.3 Å². The molecule has 0 heterocycles. The highest BCUT2D eigenvalue weighted by molar-refractivity contribution is 7.80. The van der Waals surface area contributed by atoms with Crippen LogP contribution in [0, 0.1) is 0 Å². The van der Waals surface area contributed by atoms with Gasteiger partial charge in [-0.25, -0.2) is 0 Å². The number of rotatable bonds is 5. The molecule has 0 fully saturated rings. The molecule has 4 nitrogen and oxygen atoms in total. The van der Waals surface area contributed by atoms with Gasteiger partial charge in [-0.1, -0.05) is 19.1 Å². The highest BCUT2D eigenvalue weighted by Gasteiger charge is 2.06. The minimum atomic E-state index is 0.525. The number of nitrogens with one attached hydrogen (secondary N) is 2. The topological polar surface area (TPSA) is 42.5 Å². The van der Waals surface area contributed by atoms with Gasteiger partial charge in [0.1, 0.15) is 0 Å². The third kappa shape index (κ3) is 4.11. The van der Waals surface area contributed by atoms with E-state index in [4.69, 9.17) is 21.7 Å². The molecule has 0 spiro atoms. The zero-order valence-corrected chi connectivity index (χ0v) is 13.8. The highest BCUT2D eigenvalue weighted by Crippen LogP contribution is 2.29. The summed E-state index contributed by atoms with van der Waals surface area (Å²) in [5.41, 5.74) is 3.08. The predicted molar refractivity (Wildman–Crippen MR) is 95.2 cm³/mol. The van der Waals surface area contributed by atoms with E-state index in [1.165, 1.54) is 5.56 Å². The number of benzene rings is 2. The van der Waals surface area contributed by atoms with Crippen LogP contribution in [0.4, 0.5) is 11.4 Å². The van der Waals surface area contributed by atoms with Crippen molar-refractivity contribution >= 4 is 28.7 Å². The third-order valence-electron chi connectivity index (χ3n) is 3.26. The molecule has 0 amide bonds. The predicted octanol–water partition coefficient (Wildman–Crippen LogP) is 4.08. The Morgan fingerprint density at radius 1 is 0.909 bits per heavy atom. The van der Waals surface area contributed by atoms with Gasteiger partial charge in [0.15, 0.2) is 16.6 Å². The monoisotopic (exact) mass is 316 g/mol. The smallest absolute Gasteiger partial charge is 0.175 e. The lowest BCUT2D eigenvalue weighted by molar-refractivity contribution is 0.355. The first-order chi connectivity index (χ1) is 10.7. The molecule has 0 radical (unpaired) electrons. The second-order valence-corrected chi connectivity index (χ2v) is 5.11. The van der Waals surface area contributed by atoms with E-state index in [1.807, 2.05) is 30.3 Å². The van der Waals surface area contributed by atoms with E-state index < -0.39 is 0 Å². The molecule has 0 saturated carbocycles. The average molecular weight is 316 g/mol. The van der Waals surface area contributed by atoms with Gasteiger partial charge in [-0.3, -0.25) is 0 Å². The van der Waals surface area contributed by atoms with Crippen molar-refractivity contribution in [3.8, 4) is 11.5 Å². The minimum Gasteiger partial charge on any atom is -0.493 e. The Balaban J connectivity index is 2.02. The van der Waals surface area contributed by atoms with Crippen LogP contribution in [0.3, 0.4) is 0 Å². The average Bonchev–Trinajstić information content (AvgIpc) is 2.55. The van der Waals surface area contributed by atoms with Crippen molar-refractivity contribution in [2.24, 2.45) is 0 Å². The van der Waals surface area contributed by atoms with Gasteiger partial charge in [0.25, 0.3) is 0 Å². The van der Waals surface area contributed by atoms with E-state index in [9.17, 15) is 0 Å². The van der Waals surface area contributed by atoms with Crippen LogP contribution in [0.1, 0.15) is 12.5 Å². The molecule has 0 aliphatic rings. The fourth-order valence-corrected chi connectivity index (χ4v) is 2.27. The van der Waals surface area contributed by atoms with Crippen molar-refractivity contribution in [1.82, 2.24) is 0 Å². The molecular weight excluding hydrogens is 296 g/mol. The van der Waals surface area contributed by atoms with E-state index >= 15 is 0 Å². The maximum Gasteiger partial charge on any atom is 0.175 e. The Hall–Kier alpha value is -2.27. The second kappa shape index (κ2) is 7.66. The van der Waals surface area contributed by atoms with Crippen molar-refractivity contribution in [2.45, 2.75) is 13.3 Å². The first kappa shape index (κ1) is 16.1. The van der Waals surface area contributed by atoms with E-state index in [-0.39, 0.29) is 0 Å². The summed E-state index contributed by atoms with van der Waals surface area (Å²) in [6.45, 7) is 2.13. The fraction of sp³-hybridized carbons (Fsp3) is 0.235. The normalized spacial score (nSPS) is 9.95. The van der Waals surface area contributed by atoms with Crippen molar-refractivity contribution in [3.63, 3.8) is 0 Å². The number of hydrogen-bond acceptors (Lipinski definition) is 3. The summed E-state index contributed by atoms with van der Waals surface area (Å²) in [6.07, 6.45) is 1.02. The van der Waals surface area contributed by atoms with E-state index in [1.54, 1.807) is 14.2 Å². The van der Waals surface area contributed by atoms with Gasteiger partial charge in [-0.15, -0.1) is 0 Å². The standard InChI is InChI=1S/C17H20N2O2S/c1-4-12-5-7-13(8-6-12)18-17(22)19-14-9-10-15(20-2)16(11-14)21-3/h5-11H,4H2,1-3H3,(H2,18,19,22). The summed E-state index contributed by atoms with van der Waals surface area (Å²) in [7, 11) is 3.21. The van der Waals surface area contributed by atoms with Crippen molar-refractivity contribution < 1.29 is 9.47 Å². The summed E-state index contributed by atoms with van der Waals surface area (Å²) in [5.74, 6) is 1.34. The van der Waals surface area contributed by atoms with Gasteiger partial charge in [0, 0.05) is 17.4 Å². The molecule has 0 saturated heterocycles. The summed E-state index contributed by atoms with van der Waals surface area (Å²) < 4.78 is 10.5. The summed E-state index contributed by atoms with van der Waals surface area (Å²) in [5, 5.41) is 6.81. The Morgan fingerprint density at radius 2 is 1.50 bits per heavy atom. The van der Waals surface area contributed by atoms with E-state index in [2.05, 4.69) is 29.7 Å². The molecule has 0 aliphatic carbocycles. The third-order valence-corrected chi connectivity index (χ3v) is 3.47. The molecule has 2 aromatic rings. The zero-order valence-electron chi connectivity index (χ0n) is 13.0. The zero-order chi connectivity index (χ0) is 15.9. The maximum absolute atomic E-state index is 5.33. The SMILES string of the molecule is CCc1ccc(NC(=S)Nc2ccc(OC)c(OC)c2)cc1. The molecule has 2 aromatic carbocycles. The van der Waals surface area contributed by atoms with Crippen LogP contribution in [-0.2, 0) is 6.42 Å². The van der Waals surface area contributed by atoms with Gasteiger partial charge < -0.3 is 20.1 Å². The molecule has 116 valence electrons. The van der Waals surface area contributed by atoms with Crippen molar-refractivity contribution in [2.75, 3.05) is 24.9 Å². The molecule has 0 aromatic heterocycles. The van der Waals surface area contributed by atoms with Crippen molar-refractivity contribution in [3.05, 3.63) is 48.0 Å². The molecule has 0 atom stereocenters. The fourth-order valence-electron chi connectivity index (χ4n) is 2.03. The van der Waals surface area contributed by atoms with E-state index in [0.29, 0.717) is 16.6 Å². The van der Waals surface area contributed by atoms with Crippen LogP contribution < -0.4 is 20.1 Å². The molecule has 0 aliphatic heterocycles. The molecule has 2 rings (SSSR count). The first-order valence-electron chi connectivity index (χ1n) is 7.05. The number of thiocarbonyl (C=S) groups is 1. The number of methoxy groups -OCH3 is 2. The van der Waals surface area contributed by atoms with Crippen LogP contribution >= 0.6 is 12.2 Å². The summed E-state index contributed by atoms with van der Waals surface area (Å²) in [4.78, 5) is 0. The number of hydrogen-bond donors (Lipinski definition) is 2. The molecule has 5 heteroatoms. The van der Waals surface area contributed by atoms with Crippen LogP contribution in [0.2, 0.25) is 0 Å². The number of anilines is 2. The largest absolute Gasteiger partial charge is 0.493 e. The Labute approximate surface area is 136 Å². The lowest BCUT2D eigenvalue weighted by atomic mass is 10.1. The molecule has 22 heavy (non-hydrogen) atoms. The quantitative estimate of drug-likeness (QED) is 0.814. The number of aryl methyl sites for hydroxylation is 1. The van der Waals surface area contributed by atoms with Gasteiger partial charge in [0.05, 0.1) is 14.2 Å². The molecule has 0 bridgehead atoms. The Kier molecular flexibility index (Phi) is 5.61. The second-order valence-electron chi connectivity index (χ2n) is 4.70. The van der Waals surface area contributed by atoms with Crippen LogP contribution in [0.5, 0.6) is 11.5 Å². The maximum atomic E-state index is 5.33. The molecular formula is C17H20N2O2S. The summed E-state index contributed by atoms with van der Waals surface area (Å²) in [6, 6.07) is 13.8. The van der Waals surface area contributed by atoms with Gasteiger partial charge in [-0.05, 0) is 48.5 Å². The lowest BCUT2D eigenvalue weighted by Crippen LogP contribution is -2.19.